The first kappa shape index (κ1) is 31.1. The number of hydrogen-bond acceptors (Lipinski definition) is 3. The Kier molecular flexibility index (Phi) is 6.82. The van der Waals surface area contributed by atoms with Crippen LogP contribution in [0.2, 0.25) is 0 Å². The summed E-state index contributed by atoms with van der Waals surface area (Å²) in [6.07, 6.45) is 0. The van der Waals surface area contributed by atoms with Crippen molar-refractivity contribution in [2.45, 2.75) is 0 Å². The van der Waals surface area contributed by atoms with Gasteiger partial charge in [-0.3, -0.25) is 0 Å². The third kappa shape index (κ3) is 4.61. The standard InChI is InChI=1S/C50H28N4S/c51-29-35-21-24-46(53-43-17-9-7-15-36(43)40-27-41-37-16-8-10-18-48(37)55-49(41)28-47(40)53)42(30-52)50(35)54-44-22-19-33(31-11-3-1-4-12-31)25-38(44)39-26-34(20-23-45(39)54)32-13-5-2-6-14-32/h1-28H. The lowest BCUT2D eigenvalue weighted by atomic mass is 10.0. The first-order chi connectivity index (χ1) is 27.2. The lowest BCUT2D eigenvalue weighted by molar-refractivity contribution is 1.11. The van der Waals surface area contributed by atoms with Gasteiger partial charge in [0.05, 0.1) is 39.0 Å². The number of rotatable bonds is 4. The highest BCUT2D eigenvalue weighted by Crippen LogP contribution is 2.43. The molecule has 3 heterocycles. The number of benzene rings is 8. The Balaban J connectivity index is 1.23. The molecule has 11 aromatic rings. The number of aromatic nitrogens is 2. The molecule has 254 valence electrons. The van der Waals surface area contributed by atoms with Crippen LogP contribution in [0, 0.1) is 22.7 Å². The van der Waals surface area contributed by atoms with Crippen LogP contribution in [0.4, 0.5) is 0 Å². The molecular formula is C50H28N4S. The summed E-state index contributed by atoms with van der Waals surface area (Å²) in [7, 11) is 0. The van der Waals surface area contributed by atoms with E-state index in [0.717, 1.165) is 71.6 Å². The van der Waals surface area contributed by atoms with Crippen molar-refractivity contribution in [3.63, 3.8) is 0 Å². The van der Waals surface area contributed by atoms with E-state index in [4.69, 9.17) is 0 Å². The topological polar surface area (TPSA) is 57.4 Å². The summed E-state index contributed by atoms with van der Waals surface area (Å²) < 4.78 is 6.78. The Morgan fingerprint density at radius 2 is 0.964 bits per heavy atom. The number of nitriles is 2. The van der Waals surface area contributed by atoms with Gasteiger partial charge in [0.15, 0.2) is 0 Å². The summed E-state index contributed by atoms with van der Waals surface area (Å²) in [5.74, 6) is 0. The molecule has 0 radical (unpaired) electrons. The maximum Gasteiger partial charge on any atom is 0.104 e. The molecule has 11 rings (SSSR count). The summed E-state index contributed by atoms with van der Waals surface area (Å²) >= 11 is 1.78. The minimum atomic E-state index is 0.436. The van der Waals surface area contributed by atoms with Gasteiger partial charge in [0.2, 0.25) is 0 Å². The number of hydrogen-bond donors (Lipinski definition) is 0. The highest BCUT2D eigenvalue weighted by Gasteiger charge is 2.24. The molecule has 3 aromatic heterocycles. The molecule has 0 unspecified atom stereocenters. The molecule has 4 nitrogen and oxygen atoms in total. The van der Waals surface area contributed by atoms with Gasteiger partial charge in [-0.05, 0) is 82.9 Å². The van der Waals surface area contributed by atoms with Crippen LogP contribution in [0.15, 0.2) is 170 Å². The molecule has 0 saturated carbocycles. The summed E-state index contributed by atoms with van der Waals surface area (Å²) in [5, 5.41) is 28.8. The molecule has 0 aliphatic carbocycles. The van der Waals surface area contributed by atoms with Gasteiger partial charge < -0.3 is 9.13 Å². The average Bonchev–Trinajstić information content (AvgIpc) is 3.89. The van der Waals surface area contributed by atoms with Gasteiger partial charge in [0.25, 0.3) is 0 Å². The Bertz CT molecular complexity index is 3350. The van der Waals surface area contributed by atoms with E-state index in [1.54, 1.807) is 11.3 Å². The fraction of sp³-hybridized carbons (Fsp3) is 0. The fourth-order valence-corrected chi connectivity index (χ4v) is 9.65. The first-order valence-corrected chi connectivity index (χ1v) is 19.0. The van der Waals surface area contributed by atoms with E-state index in [1.165, 1.54) is 20.2 Å². The molecule has 0 fully saturated rings. The van der Waals surface area contributed by atoms with Crippen molar-refractivity contribution >= 4 is 75.1 Å². The Hall–Kier alpha value is -7.44. The first-order valence-electron chi connectivity index (χ1n) is 18.2. The SMILES string of the molecule is N#Cc1ccc(-n2c3ccccc3c3cc4c(cc32)sc2ccccc24)c(C#N)c1-n1c2ccc(-c3ccccc3)cc2c2cc(-c3ccccc3)ccc21. The lowest BCUT2D eigenvalue weighted by Gasteiger charge is -2.17. The fourth-order valence-electron chi connectivity index (χ4n) is 8.53. The zero-order valence-electron chi connectivity index (χ0n) is 29.4. The summed E-state index contributed by atoms with van der Waals surface area (Å²) in [4.78, 5) is 0. The Morgan fingerprint density at radius 1 is 0.382 bits per heavy atom. The maximum atomic E-state index is 11.3. The minimum absolute atomic E-state index is 0.436. The van der Waals surface area contributed by atoms with Crippen LogP contribution in [-0.2, 0) is 0 Å². The van der Waals surface area contributed by atoms with E-state index < -0.39 is 0 Å². The predicted molar refractivity (Wildman–Crippen MR) is 228 cm³/mol. The molecule has 0 saturated heterocycles. The maximum absolute atomic E-state index is 11.3. The van der Waals surface area contributed by atoms with Crippen LogP contribution >= 0.6 is 11.3 Å². The second kappa shape index (κ2) is 12.0. The number of nitrogens with zero attached hydrogens (tertiary/aromatic N) is 4. The largest absolute Gasteiger partial charge is 0.308 e. The van der Waals surface area contributed by atoms with Crippen LogP contribution in [0.1, 0.15) is 11.1 Å². The number of thiophene rings is 1. The molecule has 5 heteroatoms. The Labute approximate surface area is 320 Å². The van der Waals surface area contributed by atoms with Crippen LogP contribution < -0.4 is 0 Å². The summed E-state index contributed by atoms with van der Waals surface area (Å²) in [6.45, 7) is 0. The van der Waals surface area contributed by atoms with Crippen molar-refractivity contribution in [2.24, 2.45) is 0 Å². The van der Waals surface area contributed by atoms with Crippen molar-refractivity contribution in [1.82, 2.24) is 9.13 Å². The molecule has 0 N–H and O–H groups in total. The molecule has 8 aromatic carbocycles. The van der Waals surface area contributed by atoms with Crippen molar-refractivity contribution in [3.05, 3.63) is 181 Å². The monoisotopic (exact) mass is 716 g/mol. The van der Waals surface area contributed by atoms with Crippen molar-refractivity contribution in [1.29, 1.82) is 10.5 Å². The highest BCUT2D eigenvalue weighted by molar-refractivity contribution is 7.25. The molecule has 0 atom stereocenters. The summed E-state index contributed by atoms with van der Waals surface area (Å²) in [5.41, 5.74) is 10.5. The van der Waals surface area contributed by atoms with Crippen LogP contribution in [-0.4, -0.2) is 9.13 Å². The molecular weight excluding hydrogens is 689 g/mol. The molecule has 0 spiro atoms. The molecule has 0 aliphatic heterocycles. The molecule has 0 amide bonds. The van der Waals surface area contributed by atoms with Gasteiger partial charge in [-0.2, -0.15) is 10.5 Å². The van der Waals surface area contributed by atoms with Gasteiger partial charge in [-0.25, -0.2) is 0 Å². The second-order valence-corrected chi connectivity index (χ2v) is 15.0. The van der Waals surface area contributed by atoms with Gasteiger partial charge in [0.1, 0.15) is 17.7 Å². The number of para-hydroxylation sites is 1. The van der Waals surface area contributed by atoms with Crippen LogP contribution in [0.25, 0.3) is 97.4 Å². The number of fused-ring (bicyclic) bond motifs is 9. The minimum Gasteiger partial charge on any atom is -0.308 e. The van der Waals surface area contributed by atoms with E-state index in [1.807, 2.05) is 30.3 Å². The van der Waals surface area contributed by atoms with E-state index in [-0.39, 0.29) is 0 Å². The lowest BCUT2D eigenvalue weighted by Crippen LogP contribution is -2.06. The average molecular weight is 717 g/mol. The second-order valence-electron chi connectivity index (χ2n) is 13.9. The zero-order chi connectivity index (χ0) is 36.6. The van der Waals surface area contributed by atoms with Crippen LogP contribution in [0.5, 0.6) is 0 Å². The Morgan fingerprint density at radius 3 is 1.62 bits per heavy atom. The summed E-state index contributed by atoms with van der Waals surface area (Å²) in [6, 6.07) is 64.2. The quantitative estimate of drug-likeness (QED) is 0.182. The third-order valence-electron chi connectivity index (χ3n) is 11.0. The highest BCUT2D eigenvalue weighted by atomic mass is 32.1. The van der Waals surface area contributed by atoms with Crippen molar-refractivity contribution in [2.75, 3.05) is 0 Å². The predicted octanol–water partition coefficient (Wildman–Crippen LogP) is 13.3. The normalized spacial score (nSPS) is 11.6. The molecule has 0 bridgehead atoms. The molecule has 0 aliphatic rings. The zero-order valence-corrected chi connectivity index (χ0v) is 30.2. The van der Waals surface area contributed by atoms with Crippen molar-refractivity contribution < 1.29 is 0 Å². The molecule has 55 heavy (non-hydrogen) atoms. The third-order valence-corrected chi connectivity index (χ3v) is 12.1. The van der Waals surface area contributed by atoms with Gasteiger partial charge in [-0.1, -0.05) is 109 Å². The van der Waals surface area contributed by atoms with E-state index >= 15 is 0 Å². The smallest absolute Gasteiger partial charge is 0.104 e. The van der Waals surface area contributed by atoms with Crippen molar-refractivity contribution in [3.8, 4) is 45.8 Å². The van der Waals surface area contributed by atoms with Gasteiger partial charge in [-0.15, -0.1) is 11.3 Å². The van der Waals surface area contributed by atoms with E-state index in [0.29, 0.717) is 16.8 Å². The van der Waals surface area contributed by atoms with Gasteiger partial charge >= 0.3 is 0 Å². The van der Waals surface area contributed by atoms with Crippen LogP contribution in [0.3, 0.4) is 0 Å². The van der Waals surface area contributed by atoms with E-state index in [2.05, 4.69) is 161 Å². The van der Waals surface area contributed by atoms with E-state index in [9.17, 15) is 10.5 Å². The van der Waals surface area contributed by atoms with Gasteiger partial charge in [0, 0.05) is 41.7 Å².